The van der Waals surface area contributed by atoms with Gasteiger partial charge < -0.3 is 14.7 Å². The minimum atomic E-state index is -0.0910. The SMILES string of the molecule is CSNC(=O)c1[nH]c2ccccc2c1CCCOc1cccc2[nH]ccc12. The molecule has 2 aromatic heterocycles. The zero-order chi connectivity index (χ0) is 18.6. The number of amides is 1. The van der Waals surface area contributed by atoms with E-state index < -0.39 is 0 Å². The van der Waals surface area contributed by atoms with Crippen LogP contribution in [0.3, 0.4) is 0 Å². The van der Waals surface area contributed by atoms with Crippen LogP contribution in [0.25, 0.3) is 21.8 Å². The number of aromatic nitrogens is 2. The lowest BCUT2D eigenvalue weighted by Gasteiger charge is -2.08. The predicted octanol–water partition coefficient (Wildman–Crippen LogP) is 4.67. The number of carbonyl (C=O) groups is 1. The van der Waals surface area contributed by atoms with Crippen molar-refractivity contribution in [2.75, 3.05) is 12.9 Å². The van der Waals surface area contributed by atoms with Gasteiger partial charge in [-0.25, -0.2) is 0 Å². The summed E-state index contributed by atoms with van der Waals surface area (Å²) < 4.78 is 8.81. The fraction of sp³-hybridized carbons (Fsp3) is 0.190. The van der Waals surface area contributed by atoms with Crippen LogP contribution in [-0.2, 0) is 6.42 Å². The van der Waals surface area contributed by atoms with Crippen LogP contribution in [0.1, 0.15) is 22.5 Å². The highest BCUT2D eigenvalue weighted by atomic mass is 32.2. The molecule has 2 aromatic carbocycles. The second-order valence-electron chi connectivity index (χ2n) is 6.31. The molecular formula is C21H21N3O2S. The van der Waals surface area contributed by atoms with Gasteiger partial charge in [-0.1, -0.05) is 36.2 Å². The zero-order valence-corrected chi connectivity index (χ0v) is 15.9. The molecule has 0 radical (unpaired) electrons. The Balaban J connectivity index is 1.49. The normalized spacial score (nSPS) is 11.1. The van der Waals surface area contributed by atoms with Gasteiger partial charge in [0.1, 0.15) is 11.4 Å². The molecule has 0 fully saturated rings. The van der Waals surface area contributed by atoms with Crippen molar-refractivity contribution in [2.24, 2.45) is 0 Å². The van der Waals surface area contributed by atoms with Crippen LogP contribution in [0.4, 0.5) is 0 Å². The second-order valence-corrected chi connectivity index (χ2v) is 6.92. The molecule has 5 nitrogen and oxygen atoms in total. The predicted molar refractivity (Wildman–Crippen MR) is 111 cm³/mol. The number of benzene rings is 2. The van der Waals surface area contributed by atoms with Crippen LogP contribution in [-0.4, -0.2) is 28.7 Å². The van der Waals surface area contributed by atoms with Crippen molar-refractivity contribution in [1.82, 2.24) is 14.7 Å². The zero-order valence-electron chi connectivity index (χ0n) is 15.0. The molecule has 1 amide bonds. The van der Waals surface area contributed by atoms with Gasteiger partial charge in [-0.3, -0.25) is 9.52 Å². The lowest BCUT2D eigenvalue weighted by Crippen LogP contribution is -2.17. The first-order chi connectivity index (χ1) is 13.3. The van der Waals surface area contributed by atoms with E-state index in [-0.39, 0.29) is 5.91 Å². The number of para-hydroxylation sites is 1. The van der Waals surface area contributed by atoms with Gasteiger partial charge in [0.2, 0.25) is 0 Å². The van der Waals surface area contributed by atoms with Crippen LogP contribution < -0.4 is 9.46 Å². The summed E-state index contributed by atoms with van der Waals surface area (Å²) in [6.07, 6.45) is 5.35. The number of ether oxygens (including phenoxy) is 1. The number of fused-ring (bicyclic) bond motifs is 2. The summed E-state index contributed by atoms with van der Waals surface area (Å²) in [5, 5.41) is 2.18. The fourth-order valence-electron chi connectivity index (χ4n) is 3.41. The highest BCUT2D eigenvalue weighted by molar-refractivity contribution is 7.97. The summed E-state index contributed by atoms with van der Waals surface area (Å²) in [5.74, 6) is 0.791. The third kappa shape index (κ3) is 3.53. The van der Waals surface area contributed by atoms with Gasteiger partial charge in [-0.05, 0) is 42.7 Å². The third-order valence-electron chi connectivity index (χ3n) is 4.62. The first kappa shape index (κ1) is 17.5. The van der Waals surface area contributed by atoms with Gasteiger partial charge in [0.25, 0.3) is 5.91 Å². The van der Waals surface area contributed by atoms with Crippen molar-refractivity contribution < 1.29 is 9.53 Å². The van der Waals surface area contributed by atoms with Crippen LogP contribution in [0.5, 0.6) is 5.75 Å². The maximum atomic E-state index is 12.4. The van der Waals surface area contributed by atoms with Crippen LogP contribution >= 0.6 is 11.9 Å². The number of aromatic amines is 2. The first-order valence-electron chi connectivity index (χ1n) is 8.89. The molecular weight excluding hydrogens is 358 g/mol. The van der Waals surface area contributed by atoms with Gasteiger partial charge in [0, 0.05) is 34.3 Å². The van der Waals surface area contributed by atoms with Crippen molar-refractivity contribution in [3.8, 4) is 5.75 Å². The number of nitrogens with one attached hydrogen (secondary N) is 3. The summed E-state index contributed by atoms with van der Waals surface area (Å²) in [5.41, 5.74) is 3.73. The van der Waals surface area contributed by atoms with Crippen molar-refractivity contribution in [3.63, 3.8) is 0 Å². The highest BCUT2D eigenvalue weighted by Crippen LogP contribution is 2.26. The molecule has 6 heteroatoms. The minimum absolute atomic E-state index is 0.0910. The Labute approximate surface area is 161 Å². The Bertz CT molecular complexity index is 1080. The van der Waals surface area contributed by atoms with Crippen molar-refractivity contribution in [1.29, 1.82) is 0 Å². The molecule has 0 spiro atoms. The maximum Gasteiger partial charge on any atom is 0.277 e. The molecule has 4 rings (SSSR count). The van der Waals surface area contributed by atoms with Crippen molar-refractivity contribution >= 4 is 39.7 Å². The molecule has 0 aliphatic carbocycles. The van der Waals surface area contributed by atoms with E-state index in [1.807, 2.05) is 54.9 Å². The highest BCUT2D eigenvalue weighted by Gasteiger charge is 2.17. The quantitative estimate of drug-likeness (QED) is 0.323. The van der Waals surface area contributed by atoms with E-state index in [0.717, 1.165) is 46.0 Å². The Morgan fingerprint density at radius 1 is 1.07 bits per heavy atom. The van der Waals surface area contributed by atoms with Crippen molar-refractivity contribution in [3.05, 3.63) is 66.0 Å². The molecule has 0 saturated carbocycles. The smallest absolute Gasteiger partial charge is 0.277 e. The average Bonchev–Trinajstić information content (AvgIpc) is 3.30. The number of aryl methyl sites for hydroxylation is 1. The Kier molecular flexibility index (Phi) is 5.07. The number of rotatable bonds is 7. The van der Waals surface area contributed by atoms with Crippen LogP contribution in [0, 0.1) is 0 Å². The van der Waals surface area contributed by atoms with Crippen molar-refractivity contribution in [2.45, 2.75) is 12.8 Å². The molecule has 2 heterocycles. The van der Waals surface area contributed by atoms with E-state index in [9.17, 15) is 4.79 Å². The van der Waals surface area contributed by atoms with Gasteiger partial charge in [-0.15, -0.1) is 0 Å². The fourth-order valence-corrected chi connectivity index (χ4v) is 3.70. The molecule has 0 aliphatic rings. The average molecular weight is 379 g/mol. The van der Waals surface area contributed by atoms with E-state index in [1.54, 1.807) is 0 Å². The molecule has 0 saturated heterocycles. The molecule has 4 aromatic rings. The van der Waals surface area contributed by atoms with E-state index in [2.05, 4.69) is 20.8 Å². The monoisotopic (exact) mass is 379 g/mol. The second kappa shape index (κ2) is 7.80. The molecule has 0 bridgehead atoms. The topological polar surface area (TPSA) is 69.9 Å². The molecule has 138 valence electrons. The Morgan fingerprint density at radius 2 is 1.93 bits per heavy atom. The minimum Gasteiger partial charge on any atom is -0.493 e. The van der Waals surface area contributed by atoms with Gasteiger partial charge in [-0.2, -0.15) is 0 Å². The number of hydrogen-bond donors (Lipinski definition) is 3. The number of carbonyl (C=O) groups excluding carboxylic acids is 1. The van der Waals surface area contributed by atoms with Crippen LogP contribution in [0.2, 0.25) is 0 Å². The van der Waals surface area contributed by atoms with Gasteiger partial charge in [0.05, 0.1) is 6.61 Å². The summed E-state index contributed by atoms with van der Waals surface area (Å²) in [4.78, 5) is 18.9. The summed E-state index contributed by atoms with van der Waals surface area (Å²) in [6.45, 7) is 0.591. The summed E-state index contributed by atoms with van der Waals surface area (Å²) in [6, 6.07) is 16.0. The Morgan fingerprint density at radius 3 is 2.81 bits per heavy atom. The maximum absolute atomic E-state index is 12.4. The Hall–Kier alpha value is -2.86. The van der Waals surface area contributed by atoms with Crippen LogP contribution in [0.15, 0.2) is 54.7 Å². The van der Waals surface area contributed by atoms with E-state index in [0.29, 0.717) is 12.3 Å². The lowest BCUT2D eigenvalue weighted by atomic mass is 10.1. The van der Waals surface area contributed by atoms with E-state index >= 15 is 0 Å². The van der Waals surface area contributed by atoms with Gasteiger partial charge >= 0.3 is 0 Å². The molecule has 0 unspecified atom stereocenters. The largest absolute Gasteiger partial charge is 0.493 e. The standard InChI is InChI=1S/C21H21N3O2S/c1-27-24-21(25)20-15(14-6-2-3-8-18(14)23-20)7-5-13-26-19-10-4-9-17-16(19)11-12-22-17/h2-4,6,8-12,22-23H,5,7,13H2,1H3,(H,24,25). The lowest BCUT2D eigenvalue weighted by molar-refractivity contribution is 0.0979. The summed E-state index contributed by atoms with van der Waals surface area (Å²) in [7, 11) is 0. The molecule has 27 heavy (non-hydrogen) atoms. The molecule has 3 N–H and O–H groups in total. The summed E-state index contributed by atoms with van der Waals surface area (Å²) >= 11 is 1.30. The third-order valence-corrected chi connectivity index (χ3v) is 5.01. The van der Waals surface area contributed by atoms with E-state index in [4.69, 9.17) is 4.74 Å². The first-order valence-corrected chi connectivity index (χ1v) is 10.1. The number of hydrogen-bond acceptors (Lipinski definition) is 3. The molecule has 0 atom stereocenters. The van der Waals surface area contributed by atoms with Gasteiger partial charge in [0.15, 0.2) is 0 Å². The molecule has 0 aliphatic heterocycles. The van der Waals surface area contributed by atoms with E-state index in [1.165, 1.54) is 11.9 Å². The number of H-pyrrole nitrogens is 2.